The topological polar surface area (TPSA) is 73.8 Å². The van der Waals surface area contributed by atoms with Crippen molar-refractivity contribution in [2.45, 2.75) is 31.8 Å². The quantitative estimate of drug-likeness (QED) is 0.327. The van der Waals surface area contributed by atoms with Gasteiger partial charge in [0.05, 0.1) is 11.4 Å². The summed E-state index contributed by atoms with van der Waals surface area (Å²) in [5.41, 5.74) is 4.04. The second-order valence-corrected chi connectivity index (χ2v) is 8.97. The molecule has 160 valence electrons. The SMILES string of the molecule is CCNC(=NCc1cccc(N(C)C)c1)NCc1ccc(S(C)(=O)=O)c(C)c1.I. The third-order valence-corrected chi connectivity index (χ3v) is 5.55. The number of nitrogens with one attached hydrogen (secondary N) is 2. The summed E-state index contributed by atoms with van der Waals surface area (Å²) in [5.74, 6) is 0.725. The molecule has 0 aliphatic carbocycles. The number of anilines is 1. The Balaban J connectivity index is 0.00000420. The Bertz CT molecular complexity index is 943. The average Bonchev–Trinajstić information content (AvgIpc) is 2.63. The maximum absolute atomic E-state index is 11.8. The maximum Gasteiger partial charge on any atom is 0.191 e. The van der Waals surface area contributed by atoms with Gasteiger partial charge in [0.1, 0.15) is 0 Å². The van der Waals surface area contributed by atoms with Crippen LogP contribution in [0.25, 0.3) is 0 Å². The minimum Gasteiger partial charge on any atom is -0.378 e. The summed E-state index contributed by atoms with van der Waals surface area (Å²) >= 11 is 0. The Labute approximate surface area is 191 Å². The molecule has 0 radical (unpaired) electrons. The fraction of sp³-hybridized carbons (Fsp3) is 0.381. The van der Waals surface area contributed by atoms with E-state index in [1.807, 2.05) is 46.1 Å². The summed E-state index contributed by atoms with van der Waals surface area (Å²) in [4.78, 5) is 7.10. The molecule has 0 bridgehead atoms. The van der Waals surface area contributed by atoms with E-state index in [-0.39, 0.29) is 24.0 Å². The van der Waals surface area contributed by atoms with Crippen molar-refractivity contribution in [3.8, 4) is 0 Å². The molecule has 8 heteroatoms. The number of halogens is 1. The number of hydrogen-bond donors (Lipinski definition) is 2. The smallest absolute Gasteiger partial charge is 0.191 e. The van der Waals surface area contributed by atoms with Crippen molar-refractivity contribution in [3.63, 3.8) is 0 Å². The van der Waals surface area contributed by atoms with Crippen LogP contribution >= 0.6 is 24.0 Å². The van der Waals surface area contributed by atoms with Crippen LogP contribution in [0.1, 0.15) is 23.6 Å². The molecule has 2 N–H and O–H groups in total. The van der Waals surface area contributed by atoms with Crippen molar-refractivity contribution in [2.75, 3.05) is 31.8 Å². The lowest BCUT2D eigenvalue weighted by Crippen LogP contribution is -2.36. The molecule has 0 aliphatic rings. The number of rotatable bonds is 7. The molecule has 0 spiro atoms. The van der Waals surface area contributed by atoms with Crippen LogP contribution in [0.3, 0.4) is 0 Å². The highest BCUT2D eigenvalue weighted by Gasteiger charge is 2.11. The number of guanidine groups is 1. The standard InChI is InChI=1S/C21H30N4O2S.HI/c1-6-22-21(23-14-17-8-7-9-19(13-17)25(3)4)24-15-18-10-11-20(16(2)12-18)28(5,26)27;/h7-13H,6,14-15H2,1-5H3,(H2,22,23,24);1H. The molecule has 0 aliphatic heterocycles. The van der Waals surface area contributed by atoms with Crippen LogP contribution in [-0.4, -0.2) is 41.3 Å². The van der Waals surface area contributed by atoms with E-state index in [4.69, 9.17) is 0 Å². The van der Waals surface area contributed by atoms with Crippen LogP contribution in [0, 0.1) is 6.92 Å². The predicted octanol–water partition coefficient (Wildman–Crippen LogP) is 3.34. The van der Waals surface area contributed by atoms with E-state index in [9.17, 15) is 8.42 Å². The molecule has 2 rings (SSSR count). The third kappa shape index (κ3) is 7.85. The number of nitrogens with zero attached hydrogens (tertiary/aromatic N) is 2. The van der Waals surface area contributed by atoms with Gasteiger partial charge < -0.3 is 15.5 Å². The Kier molecular flexibility index (Phi) is 9.91. The largest absolute Gasteiger partial charge is 0.378 e. The lowest BCUT2D eigenvalue weighted by Gasteiger charge is -2.14. The summed E-state index contributed by atoms with van der Waals surface area (Å²) in [5, 5.41) is 6.55. The summed E-state index contributed by atoms with van der Waals surface area (Å²) in [7, 11) is 0.839. The molecule has 6 nitrogen and oxygen atoms in total. The summed E-state index contributed by atoms with van der Waals surface area (Å²) in [6, 6.07) is 13.7. The number of aliphatic imine (C=N–C) groups is 1. The highest BCUT2D eigenvalue weighted by Crippen LogP contribution is 2.17. The summed E-state index contributed by atoms with van der Waals surface area (Å²) in [6.07, 6.45) is 1.23. The van der Waals surface area contributed by atoms with Crippen LogP contribution in [0.4, 0.5) is 5.69 Å². The fourth-order valence-electron chi connectivity index (χ4n) is 2.87. The minimum absolute atomic E-state index is 0. The van der Waals surface area contributed by atoms with E-state index in [2.05, 4.69) is 38.7 Å². The van der Waals surface area contributed by atoms with Gasteiger partial charge in [0.15, 0.2) is 15.8 Å². The summed E-state index contributed by atoms with van der Waals surface area (Å²) in [6.45, 7) is 5.74. The number of sulfone groups is 1. The Morgan fingerprint density at radius 3 is 2.38 bits per heavy atom. The van der Waals surface area contributed by atoms with Crippen LogP contribution < -0.4 is 15.5 Å². The molecule has 0 amide bonds. The van der Waals surface area contributed by atoms with Gasteiger partial charge in [-0.2, -0.15) is 0 Å². The molecule has 2 aromatic carbocycles. The zero-order chi connectivity index (χ0) is 20.7. The number of hydrogen-bond acceptors (Lipinski definition) is 4. The van der Waals surface area contributed by atoms with Crippen molar-refractivity contribution in [3.05, 3.63) is 59.2 Å². The average molecular weight is 530 g/mol. The normalized spacial score (nSPS) is 11.6. The van der Waals surface area contributed by atoms with Crippen molar-refractivity contribution in [1.29, 1.82) is 0 Å². The van der Waals surface area contributed by atoms with E-state index >= 15 is 0 Å². The van der Waals surface area contributed by atoms with Gasteiger partial charge in [-0.15, -0.1) is 24.0 Å². The predicted molar refractivity (Wildman–Crippen MR) is 132 cm³/mol. The van der Waals surface area contributed by atoms with E-state index < -0.39 is 9.84 Å². The molecule has 0 saturated carbocycles. The molecule has 2 aromatic rings. The van der Waals surface area contributed by atoms with Gasteiger partial charge in [0, 0.05) is 39.1 Å². The molecule has 0 atom stereocenters. The van der Waals surface area contributed by atoms with E-state index in [0.29, 0.717) is 18.0 Å². The van der Waals surface area contributed by atoms with Gasteiger partial charge >= 0.3 is 0 Å². The third-order valence-electron chi connectivity index (χ3n) is 4.29. The lowest BCUT2D eigenvalue weighted by atomic mass is 10.1. The lowest BCUT2D eigenvalue weighted by molar-refractivity contribution is 0.601. The summed E-state index contributed by atoms with van der Waals surface area (Å²) < 4.78 is 23.5. The van der Waals surface area contributed by atoms with Gasteiger partial charge in [-0.05, 0) is 48.7 Å². The van der Waals surface area contributed by atoms with Gasteiger partial charge in [0.25, 0.3) is 0 Å². The zero-order valence-corrected chi connectivity index (χ0v) is 20.8. The zero-order valence-electron chi connectivity index (χ0n) is 17.7. The van der Waals surface area contributed by atoms with Gasteiger partial charge in [-0.3, -0.25) is 0 Å². The van der Waals surface area contributed by atoms with Gasteiger partial charge in [-0.1, -0.05) is 24.3 Å². The first kappa shape index (κ1) is 25.2. The van der Waals surface area contributed by atoms with E-state index in [1.165, 1.54) is 6.26 Å². The first-order chi connectivity index (χ1) is 13.2. The molecule has 29 heavy (non-hydrogen) atoms. The van der Waals surface area contributed by atoms with Crippen molar-refractivity contribution < 1.29 is 8.42 Å². The van der Waals surface area contributed by atoms with E-state index in [1.54, 1.807) is 6.07 Å². The van der Waals surface area contributed by atoms with Crippen LogP contribution in [0.5, 0.6) is 0 Å². The second-order valence-electron chi connectivity index (χ2n) is 6.99. The van der Waals surface area contributed by atoms with Crippen molar-refractivity contribution in [1.82, 2.24) is 10.6 Å². The Morgan fingerprint density at radius 2 is 1.79 bits per heavy atom. The minimum atomic E-state index is -3.20. The van der Waals surface area contributed by atoms with E-state index in [0.717, 1.165) is 34.9 Å². The number of aryl methyl sites for hydroxylation is 1. The van der Waals surface area contributed by atoms with Gasteiger partial charge in [0.2, 0.25) is 0 Å². The Morgan fingerprint density at radius 1 is 1.07 bits per heavy atom. The first-order valence-electron chi connectivity index (χ1n) is 9.28. The highest BCUT2D eigenvalue weighted by atomic mass is 127. The van der Waals surface area contributed by atoms with Crippen molar-refractivity contribution in [2.24, 2.45) is 4.99 Å². The Hall–Kier alpha value is -1.81. The molecule has 0 saturated heterocycles. The molecule has 0 unspecified atom stereocenters. The first-order valence-corrected chi connectivity index (χ1v) is 11.2. The van der Waals surface area contributed by atoms with Crippen LogP contribution in [0.15, 0.2) is 52.4 Å². The molecular formula is C21H31IN4O2S. The molecule has 0 heterocycles. The van der Waals surface area contributed by atoms with Crippen LogP contribution in [-0.2, 0) is 22.9 Å². The maximum atomic E-state index is 11.8. The van der Waals surface area contributed by atoms with Crippen molar-refractivity contribution >= 4 is 45.5 Å². The fourth-order valence-corrected chi connectivity index (χ4v) is 3.83. The van der Waals surface area contributed by atoms with Crippen LogP contribution in [0.2, 0.25) is 0 Å². The molecule has 0 fully saturated rings. The second kappa shape index (κ2) is 11.4. The van der Waals surface area contributed by atoms with Gasteiger partial charge in [-0.25, -0.2) is 13.4 Å². The number of benzene rings is 2. The molecular weight excluding hydrogens is 499 g/mol. The molecule has 0 aromatic heterocycles. The monoisotopic (exact) mass is 530 g/mol. The highest BCUT2D eigenvalue weighted by molar-refractivity contribution is 14.0.